The van der Waals surface area contributed by atoms with E-state index in [2.05, 4.69) is 35.7 Å². The normalized spacial score (nSPS) is 11.2. The molecule has 4 aromatic heterocycles. The first-order valence-corrected chi connectivity index (χ1v) is 11.1. The first kappa shape index (κ1) is 20.7. The van der Waals surface area contributed by atoms with Crippen LogP contribution in [-0.4, -0.2) is 41.1 Å². The summed E-state index contributed by atoms with van der Waals surface area (Å²) >= 11 is 0. The summed E-state index contributed by atoms with van der Waals surface area (Å²) in [5.74, 6) is 1.26. The number of H-pyrrole nitrogens is 2. The van der Waals surface area contributed by atoms with Gasteiger partial charge < -0.3 is 10.3 Å². The number of aryl methyl sites for hydroxylation is 1. The van der Waals surface area contributed by atoms with Gasteiger partial charge >= 0.3 is 0 Å². The molecule has 0 radical (unpaired) electrons. The van der Waals surface area contributed by atoms with Crippen molar-refractivity contribution in [2.24, 2.45) is 0 Å². The summed E-state index contributed by atoms with van der Waals surface area (Å²) in [6.07, 6.45) is 5.17. The Morgan fingerprint density at radius 2 is 1.94 bits per heavy atom. The summed E-state index contributed by atoms with van der Waals surface area (Å²) < 4.78 is 0. The van der Waals surface area contributed by atoms with Crippen molar-refractivity contribution in [1.82, 2.24) is 35.3 Å². The second kappa shape index (κ2) is 8.45. The van der Waals surface area contributed by atoms with Crippen LogP contribution in [0.4, 0.5) is 11.5 Å². The van der Waals surface area contributed by atoms with E-state index in [0.29, 0.717) is 17.3 Å². The van der Waals surface area contributed by atoms with Crippen LogP contribution in [0.5, 0.6) is 0 Å². The van der Waals surface area contributed by atoms with Gasteiger partial charge in [-0.25, -0.2) is 9.97 Å². The van der Waals surface area contributed by atoms with Gasteiger partial charge in [0.05, 0.1) is 17.4 Å². The smallest absolute Gasteiger partial charge is 0.183 e. The summed E-state index contributed by atoms with van der Waals surface area (Å²) in [5, 5.41) is 20.2. The van der Waals surface area contributed by atoms with Crippen molar-refractivity contribution in [3.05, 3.63) is 90.1 Å². The zero-order valence-corrected chi connectivity index (χ0v) is 18.8. The molecule has 0 amide bonds. The van der Waals surface area contributed by atoms with E-state index in [-0.39, 0.29) is 12.2 Å². The summed E-state index contributed by atoms with van der Waals surface area (Å²) in [7, 11) is 0. The van der Waals surface area contributed by atoms with E-state index in [9.17, 15) is 4.79 Å². The van der Waals surface area contributed by atoms with Crippen LogP contribution in [0.1, 0.15) is 21.7 Å². The molecule has 4 heterocycles. The third-order valence-electron chi connectivity index (χ3n) is 5.86. The minimum Gasteiger partial charge on any atom is -0.352 e. The van der Waals surface area contributed by atoms with Gasteiger partial charge in [0.2, 0.25) is 0 Å². The van der Waals surface area contributed by atoms with Crippen LogP contribution < -0.4 is 5.32 Å². The maximum absolute atomic E-state index is 12.7. The molecule has 9 heteroatoms. The van der Waals surface area contributed by atoms with Crippen molar-refractivity contribution >= 4 is 39.1 Å². The number of ketones is 1. The molecule has 3 N–H and O–H groups in total. The molecule has 170 valence electrons. The lowest BCUT2D eigenvalue weighted by molar-refractivity contribution is 0.0989. The number of hydrogen-bond donors (Lipinski definition) is 3. The molecule has 0 unspecified atom stereocenters. The van der Waals surface area contributed by atoms with Gasteiger partial charge in [-0.1, -0.05) is 12.1 Å². The Balaban J connectivity index is 1.25. The third-order valence-corrected chi connectivity index (χ3v) is 5.86. The number of benzene rings is 2. The fourth-order valence-corrected chi connectivity index (χ4v) is 4.05. The zero-order chi connectivity index (χ0) is 23.8. The van der Waals surface area contributed by atoms with E-state index < -0.39 is 0 Å². The quantitative estimate of drug-likeness (QED) is 0.306. The Kier molecular flexibility index (Phi) is 4.99. The van der Waals surface area contributed by atoms with Gasteiger partial charge in [-0.2, -0.15) is 15.3 Å². The van der Waals surface area contributed by atoms with Crippen LogP contribution in [0.15, 0.2) is 73.2 Å². The summed E-state index contributed by atoms with van der Waals surface area (Å²) in [4.78, 5) is 25.1. The van der Waals surface area contributed by atoms with Crippen LogP contribution >= 0.6 is 0 Å². The highest BCUT2D eigenvalue weighted by Gasteiger charge is 2.12. The SMILES string of the molecule is Cc1[nH]nc2ccc(Nc3ccnc(-c4ccc5cc(C(=O)Cc6ccnnc6)[nH]c5c4)n3)cc12. The number of anilines is 2. The van der Waals surface area contributed by atoms with E-state index >= 15 is 0 Å². The van der Waals surface area contributed by atoms with Crippen LogP contribution in [0.2, 0.25) is 0 Å². The molecule has 6 rings (SSSR count). The number of aromatic nitrogens is 7. The molecule has 9 nitrogen and oxygen atoms in total. The number of carbonyl (C=O) groups is 1. The number of nitrogens with zero attached hydrogens (tertiary/aromatic N) is 5. The summed E-state index contributed by atoms with van der Waals surface area (Å²) in [6, 6.07) is 17.3. The Bertz CT molecular complexity index is 1690. The second-order valence-electron chi connectivity index (χ2n) is 8.31. The van der Waals surface area contributed by atoms with Gasteiger partial charge in [-0.3, -0.25) is 9.89 Å². The van der Waals surface area contributed by atoms with E-state index in [1.165, 1.54) is 0 Å². The molecule has 2 aromatic carbocycles. The van der Waals surface area contributed by atoms with E-state index in [0.717, 1.165) is 44.3 Å². The monoisotopic (exact) mass is 460 g/mol. The van der Waals surface area contributed by atoms with Crippen molar-refractivity contribution in [3.63, 3.8) is 0 Å². The Hall–Kier alpha value is -4.92. The molecule has 0 saturated heterocycles. The molecule has 0 bridgehead atoms. The zero-order valence-electron chi connectivity index (χ0n) is 18.8. The number of aromatic amines is 2. The van der Waals surface area contributed by atoms with E-state index in [1.807, 2.05) is 55.5 Å². The minimum atomic E-state index is -0.0111. The number of fused-ring (bicyclic) bond motifs is 2. The fraction of sp³-hybridized carbons (Fsp3) is 0.0769. The fourth-order valence-electron chi connectivity index (χ4n) is 4.05. The lowest BCUT2D eigenvalue weighted by Crippen LogP contribution is -2.04. The largest absolute Gasteiger partial charge is 0.352 e. The van der Waals surface area contributed by atoms with Gasteiger partial charge in [0.15, 0.2) is 11.6 Å². The number of rotatable bonds is 6. The average Bonchev–Trinajstić information content (AvgIpc) is 3.48. The highest BCUT2D eigenvalue weighted by atomic mass is 16.1. The molecule has 0 aliphatic carbocycles. The van der Waals surface area contributed by atoms with E-state index in [1.54, 1.807) is 24.7 Å². The number of nitrogens with one attached hydrogen (secondary N) is 3. The lowest BCUT2D eigenvalue weighted by atomic mass is 10.1. The molecule has 0 aliphatic heterocycles. The molecule has 0 atom stereocenters. The maximum Gasteiger partial charge on any atom is 0.183 e. The van der Waals surface area contributed by atoms with Gasteiger partial charge in [0.25, 0.3) is 0 Å². The Labute approximate surface area is 199 Å². The second-order valence-corrected chi connectivity index (χ2v) is 8.31. The third kappa shape index (κ3) is 4.10. The Morgan fingerprint density at radius 3 is 2.83 bits per heavy atom. The predicted octanol–water partition coefficient (Wildman–Crippen LogP) is 4.77. The summed E-state index contributed by atoms with van der Waals surface area (Å²) in [6.45, 7) is 1.99. The first-order chi connectivity index (χ1) is 17.1. The van der Waals surface area contributed by atoms with Crippen molar-refractivity contribution in [1.29, 1.82) is 0 Å². The van der Waals surface area contributed by atoms with Crippen molar-refractivity contribution in [3.8, 4) is 11.4 Å². The average molecular weight is 461 g/mol. The molecule has 0 spiro atoms. The first-order valence-electron chi connectivity index (χ1n) is 11.1. The predicted molar refractivity (Wildman–Crippen MR) is 134 cm³/mol. The van der Waals surface area contributed by atoms with Crippen LogP contribution in [-0.2, 0) is 6.42 Å². The minimum absolute atomic E-state index is 0.0111. The molecular formula is C26H20N8O. The van der Waals surface area contributed by atoms with Gasteiger partial charge in [-0.05, 0) is 55.0 Å². The highest BCUT2D eigenvalue weighted by Crippen LogP contribution is 2.26. The van der Waals surface area contributed by atoms with Crippen LogP contribution in [0, 0.1) is 6.92 Å². The molecule has 0 aliphatic rings. The number of hydrogen-bond acceptors (Lipinski definition) is 7. The summed E-state index contributed by atoms with van der Waals surface area (Å²) in [5.41, 5.74) is 5.92. The standard InChI is InChI=1S/C26H20N8O/c1-15-20-13-19(4-5-21(20)34-33-15)30-25-7-8-27-26(32-25)18-3-2-17-11-23(31-22(17)12-18)24(35)10-16-6-9-28-29-14-16/h2-9,11-14,31H,10H2,1H3,(H,33,34)(H,27,30,32). The lowest BCUT2D eigenvalue weighted by Gasteiger charge is -2.07. The molecule has 35 heavy (non-hydrogen) atoms. The van der Waals surface area contributed by atoms with Crippen molar-refractivity contribution in [2.75, 3.05) is 5.32 Å². The van der Waals surface area contributed by atoms with Gasteiger partial charge in [-0.15, -0.1) is 0 Å². The molecule has 6 aromatic rings. The Morgan fingerprint density at radius 1 is 1.00 bits per heavy atom. The molecule has 0 saturated carbocycles. The van der Waals surface area contributed by atoms with Crippen LogP contribution in [0.25, 0.3) is 33.2 Å². The molecule has 0 fully saturated rings. The topological polar surface area (TPSA) is 125 Å². The maximum atomic E-state index is 12.7. The van der Waals surface area contributed by atoms with Gasteiger partial charge in [0.1, 0.15) is 5.82 Å². The van der Waals surface area contributed by atoms with E-state index in [4.69, 9.17) is 4.98 Å². The van der Waals surface area contributed by atoms with Crippen LogP contribution in [0.3, 0.4) is 0 Å². The number of Topliss-reactive ketones (excluding diaryl/α,β-unsaturated/α-hetero) is 1. The highest BCUT2D eigenvalue weighted by molar-refractivity contribution is 6.01. The van der Waals surface area contributed by atoms with Gasteiger partial charge in [0, 0.05) is 52.0 Å². The van der Waals surface area contributed by atoms with Crippen molar-refractivity contribution in [2.45, 2.75) is 13.3 Å². The number of carbonyl (C=O) groups excluding carboxylic acids is 1. The molecular weight excluding hydrogens is 440 g/mol. The van der Waals surface area contributed by atoms with Crippen molar-refractivity contribution < 1.29 is 4.79 Å².